The Morgan fingerprint density at radius 3 is 1.20 bits per heavy atom. The van der Waals surface area contributed by atoms with Gasteiger partial charge in [0.15, 0.2) is 0 Å². The van der Waals surface area contributed by atoms with Gasteiger partial charge in [-0.2, -0.15) is 12.8 Å². The van der Waals surface area contributed by atoms with E-state index in [-0.39, 0.29) is 101 Å². The first kappa shape index (κ1) is 63.6. The van der Waals surface area contributed by atoms with Gasteiger partial charge in [0.1, 0.15) is 0 Å². The maximum atomic E-state index is 12.4. The smallest absolute Gasteiger partial charge is 0.322 e. The molecule has 3 N–H and O–H groups in total. The quantitative estimate of drug-likeness (QED) is 0.0923. The maximum absolute atomic E-state index is 12.4. The van der Waals surface area contributed by atoms with Crippen LogP contribution in [0, 0.1) is 41.5 Å². The number of aryl methyl sites for hydroxylation is 6. The van der Waals surface area contributed by atoms with Gasteiger partial charge in [0.25, 0.3) is 17.7 Å². The number of rotatable bonds is 13. The number of carbonyl (C=O) groups is 3. The van der Waals surface area contributed by atoms with Gasteiger partial charge in [-0.1, -0.05) is 156 Å². The summed E-state index contributed by atoms with van der Waals surface area (Å²) in [6.07, 6.45) is 3.41. The van der Waals surface area contributed by atoms with Crippen LogP contribution >= 0.6 is 0 Å². The molecule has 0 bridgehead atoms. The predicted octanol–water partition coefficient (Wildman–Crippen LogP) is 13.8. The maximum Gasteiger partial charge on any atom is 0.322 e. The minimum absolute atomic E-state index is 0. The summed E-state index contributed by atoms with van der Waals surface area (Å²) in [6, 6.07) is 45.6. The number of anilines is 3. The Morgan fingerprint density at radius 2 is 0.776 bits per heavy atom. The number of nitrogens with one attached hydrogen (secondary N) is 3. The molecule has 0 aliphatic rings. The third kappa shape index (κ3) is 19.8. The van der Waals surface area contributed by atoms with Crippen LogP contribution in [0.4, 0.5) is 18.0 Å². The Hall–Kier alpha value is -6.64. The fourth-order valence-electron chi connectivity index (χ4n) is 6.89. The van der Waals surface area contributed by atoms with E-state index < -0.39 is 0 Å². The van der Waals surface area contributed by atoms with Gasteiger partial charge >= 0.3 is 18.0 Å². The Morgan fingerprint density at radius 1 is 0.395 bits per heavy atom. The molecular formula is C59H63N9O6Y2-2. The zero-order chi connectivity index (χ0) is 53.4. The van der Waals surface area contributed by atoms with Crippen LogP contribution in [0.1, 0.15) is 105 Å². The summed E-state index contributed by atoms with van der Waals surface area (Å²) >= 11 is 0. The second-order valence-electron chi connectivity index (χ2n) is 16.2. The van der Waals surface area contributed by atoms with E-state index in [0.717, 1.165) is 70.2 Å². The fraction of sp³-hybridized carbons (Fsp3) is 0.203. The van der Waals surface area contributed by atoms with E-state index in [0.29, 0.717) is 34.4 Å². The zero-order valence-electron chi connectivity index (χ0n) is 44.4. The molecule has 76 heavy (non-hydrogen) atoms. The standard InChI is InChI=1S/2C19H18N3O2.C17H15N3O2.2C2H6.2Y/c1-3-7-14-10-13(2)11-16(12-14)17(23)20-19-22-21-18(24-19)15-8-5-4-6-9-15;1-3-5-14-8-10-15(11-9-14)18-21-22-19(24-18)20-17(23)16-7-4-6-13(2)12-16;1-11-6-8-13(9-7-11)16-19-20-17(22-16)18-15(21)14-5-3-4-12(2)10-14;2*1-2;;/h4-6,8-12H,1,3,7H2,2H3,(H,20,22,23);4,6-12H,1,3,5H2,2H3,(H,20,22,23);3-10H,1-2H3,(H,18,20,21);2*1-2H3;;/q2*-1;;;;;. The molecule has 388 valence electrons. The van der Waals surface area contributed by atoms with Crippen LogP contribution in [0.3, 0.4) is 0 Å². The van der Waals surface area contributed by atoms with Crippen LogP contribution in [0.25, 0.3) is 34.4 Å². The van der Waals surface area contributed by atoms with E-state index >= 15 is 0 Å². The molecule has 0 spiro atoms. The van der Waals surface area contributed by atoms with Gasteiger partial charge in [-0.3, -0.25) is 30.3 Å². The first-order valence-corrected chi connectivity index (χ1v) is 24.4. The van der Waals surface area contributed by atoms with Crippen LogP contribution in [-0.2, 0) is 78.3 Å². The molecular weight excluding hydrogens is 1110 g/mol. The third-order valence-electron chi connectivity index (χ3n) is 10.3. The molecule has 17 heteroatoms. The average molecular weight is 1170 g/mol. The third-order valence-corrected chi connectivity index (χ3v) is 10.3. The van der Waals surface area contributed by atoms with Crippen molar-refractivity contribution in [2.24, 2.45) is 0 Å². The number of aromatic nitrogens is 6. The number of benzene rings is 6. The van der Waals surface area contributed by atoms with Gasteiger partial charge in [-0.25, -0.2) is 0 Å². The molecule has 0 aliphatic carbocycles. The van der Waals surface area contributed by atoms with Gasteiger partial charge in [-0.05, 0) is 106 Å². The minimum atomic E-state index is -0.278. The van der Waals surface area contributed by atoms with E-state index in [1.807, 2.05) is 171 Å². The Kier molecular flexibility index (Phi) is 28.0. The molecule has 15 nitrogen and oxygen atoms in total. The molecule has 0 unspecified atom stereocenters. The summed E-state index contributed by atoms with van der Waals surface area (Å²) < 4.78 is 16.5. The molecule has 0 saturated heterocycles. The average Bonchev–Trinajstić information content (AvgIpc) is 4.21. The molecule has 6 aromatic carbocycles. The van der Waals surface area contributed by atoms with Gasteiger partial charge in [0.05, 0.1) is 0 Å². The van der Waals surface area contributed by atoms with Gasteiger partial charge in [0.2, 0.25) is 17.7 Å². The summed E-state index contributed by atoms with van der Waals surface area (Å²) in [5, 5.41) is 31.4. The van der Waals surface area contributed by atoms with Gasteiger partial charge in [-0.15, -0.1) is 15.3 Å². The Bertz CT molecular complexity index is 3170. The second-order valence-corrected chi connectivity index (χ2v) is 16.2. The van der Waals surface area contributed by atoms with Gasteiger partial charge < -0.3 is 27.1 Å². The summed E-state index contributed by atoms with van der Waals surface area (Å²) in [7, 11) is 0. The van der Waals surface area contributed by atoms with Crippen molar-refractivity contribution in [2.75, 3.05) is 16.0 Å². The van der Waals surface area contributed by atoms with Crippen molar-refractivity contribution in [2.45, 2.75) is 81.1 Å². The number of carbonyl (C=O) groups excluding carboxylic acids is 3. The Labute approximate surface area is 496 Å². The van der Waals surface area contributed by atoms with Crippen molar-refractivity contribution < 1.29 is 93.1 Å². The van der Waals surface area contributed by atoms with Crippen molar-refractivity contribution in [1.29, 1.82) is 0 Å². The van der Waals surface area contributed by atoms with Crippen molar-refractivity contribution >= 4 is 35.8 Å². The molecule has 0 aliphatic heterocycles. The first-order valence-electron chi connectivity index (χ1n) is 24.4. The van der Waals surface area contributed by atoms with Crippen LogP contribution in [0.5, 0.6) is 0 Å². The first-order chi connectivity index (χ1) is 35.9. The molecule has 0 atom stereocenters. The van der Waals surface area contributed by atoms with E-state index in [9.17, 15) is 14.4 Å². The molecule has 2 radical (unpaired) electrons. The number of hydrogen-bond acceptors (Lipinski definition) is 12. The van der Waals surface area contributed by atoms with E-state index in [2.05, 4.69) is 66.5 Å². The number of amides is 3. The van der Waals surface area contributed by atoms with Crippen molar-refractivity contribution in [1.82, 2.24) is 30.6 Å². The van der Waals surface area contributed by atoms with Crippen LogP contribution in [0.2, 0.25) is 0 Å². The minimum Gasteiger partial charge on any atom is -0.403 e. The molecule has 9 aromatic rings. The molecule has 0 saturated carbocycles. The SMILES string of the molecule is CC.CC.Cc1ccc(-c2nnc(NC(=O)c3cccc(C)c3)o2)cc1.[CH2-]CCc1cc(C)cc(C(=O)Nc2nnc(-c3ccccc3)o2)c1.[CH2-]CCc1ccc(-c2nnc(NC(=O)c3cccc(C)c3)o2)cc1.[Y].[Y]. The number of hydrogen-bond donors (Lipinski definition) is 3. The molecule has 0 fully saturated rings. The van der Waals surface area contributed by atoms with Crippen LogP contribution < -0.4 is 16.0 Å². The Balaban J connectivity index is 0.000000287. The topological polar surface area (TPSA) is 204 Å². The van der Waals surface area contributed by atoms with Crippen molar-refractivity contribution in [3.63, 3.8) is 0 Å². The van der Waals surface area contributed by atoms with E-state index in [4.69, 9.17) is 13.3 Å². The summed E-state index contributed by atoms with van der Waals surface area (Å²) in [5.41, 5.74) is 10.6. The number of nitrogens with zero attached hydrogens (tertiary/aromatic N) is 6. The van der Waals surface area contributed by atoms with Crippen molar-refractivity contribution in [3.05, 3.63) is 210 Å². The van der Waals surface area contributed by atoms with Crippen LogP contribution in [0.15, 0.2) is 159 Å². The summed E-state index contributed by atoms with van der Waals surface area (Å²) in [6.45, 7) is 23.5. The molecule has 3 heterocycles. The summed E-state index contributed by atoms with van der Waals surface area (Å²) in [4.78, 5) is 36.7. The van der Waals surface area contributed by atoms with Crippen molar-refractivity contribution in [3.8, 4) is 34.4 Å². The predicted molar refractivity (Wildman–Crippen MR) is 291 cm³/mol. The fourth-order valence-corrected chi connectivity index (χ4v) is 6.89. The van der Waals surface area contributed by atoms with E-state index in [1.165, 1.54) is 5.56 Å². The van der Waals surface area contributed by atoms with E-state index in [1.54, 1.807) is 24.3 Å². The zero-order valence-corrected chi connectivity index (χ0v) is 50.1. The van der Waals surface area contributed by atoms with Gasteiger partial charge in [0, 0.05) is 98.8 Å². The monoisotopic (exact) mass is 1170 g/mol. The molecule has 3 amide bonds. The largest absolute Gasteiger partial charge is 0.403 e. The van der Waals surface area contributed by atoms with Crippen LogP contribution in [-0.4, -0.2) is 48.3 Å². The molecule has 9 rings (SSSR count). The molecule has 3 aromatic heterocycles. The normalized spacial score (nSPS) is 9.87. The second kappa shape index (κ2) is 33.4. The summed E-state index contributed by atoms with van der Waals surface area (Å²) in [5.74, 6) is 0.290.